The van der Waals surface area contributed by atoms with Gasteiger partial charge in [-0.3, -0.25) is 0 Å². The van der Waals surface area contributed by atoms with Crippen LogP contribution in [-0.2, 0) is 0 Å². The van der Waals surface area contributed by atoms with Crippen LogP contribution in [0, 0.1) is 23.4 Å². The second-order valence-electron chi connectivity index (χ2n) is 10.1. The number of ether oxygens (including phenoxy) is 1. The summed E-state index contributed by atoms with van der Waals surface area (Å²) >= 11 is 0. The molecule has 1 nitrogen and oxygen atoms in total. The number of benzene rings is 3. The van der Waals surface area contributed by atoms with Gasteiger partial charge in [-0.2, -0.15) is 4.39 Å². The van der Waals surface area contributed by atoms with E-state index in [1.165, 1.54) is 31.7 Å². The lowest BCUT2D eigenvalue weighted by Crippen LogP contribution is -2.14. The maximum atomic E-state index is 15.1. The first kappa shape index (κ1) is 26.3. The second-order valence-corrected chi connectivity index (χ2v) is 10.1. The Hall–Kier alpha value is -2.75. The van der Waals surface area contributed by atoms with Crippen LogP contribution in [0.1, 0.15) is 83.1 Å². The van der Waals surface area contributed by atoms with E-state index in [1.807, 2.05) is 24.3 Å². The SMILES string of the molecule is CCCCCOc1ccc(-c2ccc(-c3ccc(C4CCC(CCC)CC4)c(F)c3)cc2)c(F)c1F. The van der Waals surface area contributed by atoms with Gasteiger partial charge in [0.15, 0.2) is 11.6 Å². The minimum Gasteiger partial charge on any atom is -0.490 e. The van der Waals surface area contributed by atoms with Crippen molar-refractivity contribution < 1.29 is 17.9 Å². The van der Waals surface area contributed by atoms with Crippen LogP contribution in [0.4, 0.5) is 13.2 Å². The standard InChI is InChI=1S/C32H37F3O/c1-3-5-6-20-36-30-19-18-28(31(34)32(30)35)25-14-12-23(13-15-25)26-16-17-27(29(33)21-26)24-10-8-22(7-4-2)9-11-24/h12-19,21-22,24H,3-11,20H2,1-2H3. The van der Waals surface area contributed by atoms with Gasteiger partial charge < -0.3 is 4.74 Å². The molecular formula is C32H37F3O. The van der Waals surface area contributed by atoms with Crippen molar-refractivity contribution in [2.45, 2.75) is 77.6 Å². The van der Waals surface area contributed by atoms with E-state index in [0.717, 1.165) is 54.7 Å². The van der Waals surface area contributed by atoms with Gasteiger partial charge in [0.2, 0.25) is 5.82 Å². The van der Waals surface area contributed by atoms with Gasteiger partial charge in [0.25, 0.3) is 0 Å². The summed E-state index contributed by atoms with van der Waals surface area (Å²) in [4.78, 5) is 0. The topological polar surface area (TPSA) is 9.23 Å². The van der Waals surface area contributed by atoms with E-state index >= 15 is 4.39 Å². The maximum Gasteiger partial charge on any atom is 0.201 e. The summed E-state index contributed by atoms with van der Waals surface area (Å²) in [7, 11) is 0. The van der Waals surface area contributed by atoms with Gasteiger partial charge in [0.1, 0.15) is 5.82 Å². The molecule has 3 aromatic rings. The molecule has 0 aliphatic heterocycles. The molecule has 4 rings (SSSR count). The van der Waals surface area contributed by atoms with Gasteiger partial charge in [-0.1, -0.05) is 75.9 Å². The van der Waals surface area contributed by atoms with E-state index in [9.17, 15) is 8.78 Å². The molecule has 3 aromatic carbocycles. The lowest BCUT2D eigenvalue weighted by Gasteiger charge is -2.29. The smallest absolute Gasteiger partial charge is 0.201 e. The Balaban J connectivity index is 1.45. The summed E-state index contributed by atoms with van der Waals surface area (Å²) in [6, 6.07) is 15.7. The van der Waals surface area contributed by atoms with Gasteiger partial charge in [0, 0.05) is 5.56 Å². The zero-order valence-corrected chi connectivity index (χ0v) is 21.5. The van der Waals surface area contributed by atoms with Crippen LogP contribution in [0.25, 0.3) is 22.3 Å². The van der Waals surface area contributed by atoms with Crippen LogP contribution >= 0.6 is 0 Å². The first-order chi connectivity index (χ1) is 17.5. The summed E-state index contributed by atoms with van der Waals surface area (Å²) in [6.45, 7) is 4.67. The Bertz CT molecular complexity index is 1130. The molecule has 0 heterocycles. The first-order valence-corrected chi connectivity index (χ1v) is 13.5. The summed E-state index contributed by atoms with van der Waals surface area (Å²) in [5.41, 5.74) is 3.19. The van der Waals surface area contributed by atoms with Crippen LogP contribution in [-0.4, -0.2) is 6.61 Å². The van der Waals surface area contributed by atoms with E-state index in [0.29, 0.717) is 18.1 Å². The third-order valence-electron chi connectivity index (χ3n) is 7.57. The monoisotopic (exact) mass is 494 g/mol. The molecule has 0 amide bonds. The molecule has 0 atom stereocenters. The predicted molar refractivity (Wildman–Crippen MR) is 142 cm³/mol. The molecule has 0 radical (unpaired) electrons. The van der Waals surface area contributed by atoms with Crippen molar-refractivity contribution in [3.05, 3.63) is 77.6 Å². The van der Waals surface area contributed by atoms with Gasteiger partial charge in [0.05, 0.1) is 6.61 Å². The largest absolute Gasteiger partial charge is 0.490 e. The van der Waals surface area contributed by atoms with Crippen LogP contribution < -0.4 is 4.74 Å². The summed E-state index contributed by atoms with van der Waals surface area (Å²) in [6.07, 6.45) is 9.81. The zero-order chi connectivity index (χ0) is 25.5. The molecule has 0 N–H and O–H groups in total. The summed E-state index contributed by atoms with van der Waals surface area (Å²) < 4.78 is 49.8. The molecular weight excluding hydrogens is 457 g/mol. The fourth-order valence-corrected chi connectivity index (χ4v) is 5.45. The Morgan fingerprint density at radius 2 is 1.42 bits per heavy atom. The molecule has 4 heteroatoms. The highest BCUT2D eigenvalue weighted by Crippen LogP contribution is 2.39. The molecule has 1 aliphatic rings. The molecule has 0 spiro atoms. The molecule has 1 fully saturated rings. The van der Waals surface area contributed by atoms with E-state index in [4.69, 9.17) is 4.74 Å². The third kappa shape index (κ3) is 6.14. The quantitative estimate of drug-likeness (QED) is 0.255. The van der Waals surface area contributed by atoms with Crippen LogP contribution in [0.2, 0.25) is 0 Å². The summed E-state index contributed by atoms with van der Waals surface area (Å²) in [5, 5.41) is 0. The van der Waals surface area contributed by atoms with E-state index in [2.05, 4.69) is 13.8 Å². The van der Waals surface area contributed by atoms with Crippen molar-refractivity contribution in [2.75, 3.05) is 6.61 Å². The van der Waals surface area contributed by atoms with E-state index < -0.39 is 11.6 Å². The molecule has 1 saturated carbocycles. The van der Waals surface area contributed by atoms with Gasteiger partial charge in [-0.25, -0.2) is 8.78 Å². The average molecular weight is 495 g/mol. The van der Waals surface area contributed by atoms with Crippen molar-refractivity contribution >= 4 is 0 Å². The van der Waals surface area contributed by atoms with Gasteiger partial charge in [-0.15, -0.1) is 0 Å². The third-order valence-corrected chi connectivity index (χ3v) is 7.57. The number of unbranched alkanes of at least 4 members (excludes halogenated alkanes) is 2. The van der Waals surface area contributed by atoms with Crippen molar-refractivity contribution in [3.63, 3.8) is 0 Å². The highest BCUT2D eigenvalue weighted by Gasteiger charge is 2.24. The number of rotatable bonds is 10. The molecule has 1 aliphatic carbocycles. The van der Waals surface area contributed by atoms with Crippen molar-refractivity contribution in [2.24, 2.45) is 5.92 Å². The Morgan fingerprint density at radius 1 is 0.722 bits per heavy atom. The average Bonchev–Trinajstić information content (AvgIpc) is 2.90. The highest BCUT2D eigenvalue weighted by atomic mass is 19.2. The van der Waals surface area contributed by atoms with Crippen molar-refractivity contribution in [1.82, 2.24) is 0 Å². The molecule has 0 unspecified atom stereocenters. The van der Waals surface area contributed by atoms with E-state index in [-0.39, 0.29) is 17.1 Å². The maximum absolute atomic E-state index is 15.1. The minimum atomic E-state index is -0.963. The summed E-state index contributed by atoms with van der Waals surface area (Å²) in [5.74, 6) is -1.00. The van der Waals surface area contributed by atoms with Gasteiger partial charge >= 0.3 is 0 Å². The lowest BCUT2D eigenvalue weighted by atomic mass is 9.77. The van der Waals surface area contributed by atoms with Crippen LogP contribution in [0.5, 0.6) is 5.75 Å². The molecule has 0 saturated heterocycles. The molecule has 0 aromatic heterocycles. The predicted octanol–water partition coefficient (Wildman–Crippen LogP) is 10.1. The van der Waals surface area contributed by atoms with Crippen LogP contribution in [0.3, 0.4) is 0 Å². The molecule has 192 valence electrons. The first-order valence-electron chi connectivity index (χ1n) is 13.5. The minimum absolute atomic E-state index is 0.0570. The normalized spacial score (nSPS) is 17.8. The van der Waals surface area contributed by atoms with Crippen LogP contribution in [0.15, 0.2) is 54.6 Å². The Kier molecular flexibility index (Phi) is 9.12. The van der Waals surface area contributed by atoms with Gasteiger partial charge in [-0.05, 0) is 84.4 Å². The number of hydrogen-bond acceptors (Lipinski definition) is 1. The number of hydrogen-bond donors (Lipinski definition) is 0. The van der Waals surface area contributed by atoms with Crippen molar-refractivity contribution in [3.8, 4) is 28.0 Å². The van der Waals surface area contributed by atoms with Crippen molar-refractivity contribution in [1.29, 1.82) is 0 Å². The zero-order valence-electron chi connectivity index (χ0n) is 21.5. The number of halogens is 3. The second kappa shape index (κ2) is 12.5. The Labute approximate surface area is 213 Å². The Morgan fingerprint density at radius 3 is 2.08 bits per heavy atom. The molecule has 0 bridgehead atoms. The molecule has 36 heavy (non-hydrogen) atoms. The lowest BCUT2D eigenvalue weighted by molar-refractivity contribution is 0.286. The van der Waals surface area contributed by atoms with E-state index in [1.54, 1.807) is 24.3 Å². The fourth-order valence-electron chi connectivity index (χ4n) is 5.45. The fraction of sp³-hybridized carbons (Fsp3) is 0.438. The highest BCUT2D eigenvalue weighted by molar-refractivity contribution is 5.71.